The molecule has 1 N–H and O–H groups in total. The molecule has 0 radical (unpaired) electrons. The monoisotopic (exact) mass is 532 g/mol. The number of aryl methyl sites for hydroxylation is 1. The summed E-state index contributed by atoms with van der Waals surface area (Å²) in [6.45, 7) is 9.20. The largest absolute Gasteiger partial charge is 0.507 e. The smallest absolute Gasteiger partial charge is 0.295 e. The summed E-state index contributed by atoms with van der Waals surface area (Å²) >= 11 is 6.27. The summed E-state index contributed by atoms with van der Waals surface area (Å²) < 4.78 is 5.90. The van der Waals surface area contributed by atoms with Crippen molar-refractivity contribution in [2.75, 3.05) is 26.2 Å². The minimum absolute atomic E-state index is 0.0604. The van der Waals surface area contributed by atoms with Gasteiger partial charge in [0, 0.05) is 23.7 Å². The van der Waals surface area contributed by atoms with E-state index in [2.05, 4.69) is 24.8 Å². The van der Waals surface area contributed by atoms with Crippen LogP contribution in [0.3, 0.4) is 0 Å². The maximum Gasteiger partial charge on any atom is 0.295 e. The number of nitrogens with zero attached hydrogens (tertiary/aromatic N) is 2. The minimum atomic E-state index is -0.735. The molecule has 198 valence electrons. The first kappa shape index (κ1) is 27.4. The van der Waals surface area contributed by atoms with Crippen LogP contribution in [0.4, 0.5) is 0 Å². The zero-order valence-corrected chi connectivity index (χ0v) is 22.7. The van der Waals surface area contributed by atoms with Crippen molar-refractivity contribution in [1.82, 2.24) is 9.80 Å². The molecule has 4 rings (SSSR count). The van der Waals surface area contributed by atoms with Gasteiger partial charge in [-0.2, -0.15) is 0 Å². The zero-order valence-electron chi connectivity index (χ0n) is 22.0. The van der Waals surface area contributed by atoms with Crippen LogP contribution in [0.1, 0.15) is 42.1 Å². The molecule has 0 aromatic heterocycles. The van der Waals surface area contributed by atoms with Gasteiger partial charge in [0.05, 0.1) is 11.6 Å². The van der Waals surface area contributed by atoms with Crippen molar-refractivity contribution in [2.45, 2.75) is 33.4 Å². The predicted octanol–water partition coefficient (Wildman–Crippen LogP) is 5.99. The Kier molecular flexibility index (Phi) is 8.87. The van der Waals surface area contributed by atoms with Crippen LogP contribution in [0.2, 0.25) is 5.02 Å². The van der Waals surface area contributed by atoms with Crippen LogP contribution >= 0.6 is 11.6 Å². The Balaban J connectivity index is 1.64. The van der Waals surface area contributed by atoms with Crippen LogP contribution in [0.5, 0.6) is 5.75 Å². The number of hydrogen-bond donors (Lipinski definition) is 1. The normalized spacial score (nSPS) is 16.9. The number of ether oxygens (including phenoxy) is 1. The number of Topliss-reactive ketones (excluding diaryl/α,β-unsaturated/α-hetero) is 1. The van der Waals surface area contributed by atoms with Crippen molar-refractivity contribution in [1.29, 1.82) is 0 Å². The Labute approximate surface area is 229 Å². The standard InChI is InChI=1S/C31H33ClN2O4/c1-4-33(5-2)16-17-34-28(24-10-7-11-25(32)19-24)27(30(36)31(34)37)29(35)23-12-14-26(15-13-23)38-20-22-9-6-8-21(3)18-22/h6-15,18-19,28,35H,4-5,16-17,20H2,1-3H3/t28-/m0/s1. The highest BCUT2D eigenvalue weighted by Gasteiger charge is 2.46. The molecular formula is C31H33ClN2O4. The number of aliphatic hydroxyl groups excluding tert-OH is 1. The van der Waals surface area contributed by atoms with E-state index in [9.17, 15) is 14.7 Å². The Morgan fingerprint density at radius 2 is 1.71 bits per heavy atom. The fourth-order valence-electron chi connectivity index (χ4n) is 4.76. The van der Waals surface area contributed by atoms with E-state index in [1.165, 1.54) is 4.90 Å². The summed E-state index contributed by atoms with van der Waals surface area (Å²) in [5, 5.41) is 11.8. The quantitative estimate of drug-likeness (QED) is 0.197. The zero-order chi connectivity index (χ0) is 27.2. The number of aliphatic hydroxyl groups is 1. The van der Waals surface area contributed by atoms with E-state index in [0.717, 1.165) is 24.2 Å². The number of benzene rings is 3. The molecule has 1 fully saturated rings. The van der Waals surface area contributed by atoms with Gasteiger partial charge in [-0.3, -0.25) is 9.59 Å². The van der Waals surface area contributed by atoms with Crippen molar-refractivity contribution in [3.05, 3.63) is 106 Å². The summed E-state index contributed by atoms with van der Waals surface area (Å²) in [5.41, 5.74) is 3.39. The molecule has 1 heterocycles. The molecule has 0 unspecified atom stereocenters. The van der Waals surface area contributed by atoms with Crippen molar-refractivity contribution >= 4 is 29.1 Å². The Morgan fingerprint density at radius 1 is 1.00 bits per heavy atom. The lowest BCUT2D eigenvalue weighted by atomic mass is 9.95. The van der Waals surface area contributed by atoms with Gasteiger partial charge in [-0.25, -0.2) is 0 Å². The van der Waals surface area contributed by atoms with E-state index in [4.69, 9.17) is 16.3 Å². The minimum Gasteiger partial charge on any atom is -0.507 e. The summed E-state index contributed by atoms with van der Waals surface area (Å²) in [4.78, 5) is 30.1. The highest BCUT2D eigenvalue weighted by Crippen LogP contribution is 2.40. The second kappa shape index (κ2) is 12.3. The van der Waals surface area contributed by atoms with Gasteiger partial charge in [0.1, 0.15) is 18.1 Å². The molecule has 0 aliphatic carbocycles. The topological polar surface area (TPSA) is 70.1 Å². The fraction of sp³-hybridized carbons (Fsp3) is 0.290. The van der Waals surface area contributed by atoms with Crippen molar-refractivity contribution in [3.8, 4) is 5.75 Å². The van der Waals surface area contributed by atoms with E-state index in [0.29, 0.717) is 41.6 Å². The molecule has 0 spiro atoms. The SMILES string of the molecule is CCN(CC)CCN1C(=O)C(=O)C(=C(O)c2ccc(OCc3cccc(C)c3)cc2)[C@@H]1c1cccc(Cl)c1. The number of ketones is 1. The average Bonchev–Trinajstić information content (AvgIpc) is 3.17. The molecule has 0 saturated carbocycles. The average molecular weight is 533 g/mol. The molecule has 7 heteroatoms. The van der Waals surface area contributed by atoms with Crippen molar-refractivity contribution < 1.29 is 19.4 Å². The molecule has 1 saturated heterocycles. The third kappa shape index (κ3) is 6.09. The third-order valence-electron chi connectivity index (χ3n) is 6.87. The van der Waals surface area contributed by atoms with E-state index in [1.807, 2.05) is 31.2 Å². The first-order valence-corrected chi connectivity index (χ1v) is 13.2. The van der Waals surface area contributed by atoms with Crippen LogP contribution < -0.4 is 4.74 Å². The molecule has 3 aromatic carbocycles. The fourth-order valence-corrected chi connectivity index (χ4v) is 4.95. The number of hydrogen-bond acceptors (Lipinski definition) is 5. The summed E-state index contributed by atoms with van der Waals surface area (Å²) in [6.07, 6.45) is 0. The van der Waals surface area contributed by atoms with E-state index in [-0.39, 0.29) is 11.3 Å². The Hall–Kier alpha value is -3.61. The van der Waals surface area contributed by atoms with Crippen molar-refractivity contribution in [2.24, 2.45) is 0 Å². The van der Waals surface area contributed by atoms with Gasteiger partial charge in [-0.15, -0.1) is 0 Å². The molecule has 1 aliphatic heterocycles. The second-order valence-electron chi connectivity index (χ2n) is 9.38. The van der Waals surface area contributed by atoms with Gasteiger partial charge in [0.25, 0.3) is 11.7 Å². The van der Waals surface area contributed by atoms with Gasteiger partial charge in [0.15, 0.2) is 0 Å². The van der Waals surface area contributed by atoms with Gasteiger partial charge in [-0.05, 0) is 67.5 Å². The molecular weight excluding hydrogens is 500 g/mol. The first-order valence-electron chi connectivity index (χ1n) is 12.9. The lowest BCUT2D eigenvalue weighted by molar-refractivity contribution is -0.140. The highest BCUT2D eigenvalue weighted by molar-refractivity contribution is 6.46. The maximum absolute atomic E-state index is 13.3. The van der Waals surface area contributed by atoms with Crippen LogP contribution in [0.15, 0.2) is 78.4 Å². The molecule has 0 bridgehead atoms. The van der Waals surface area contributed by atoms with Crippen LogP contribution in [-0.4, -0.2) is 52.8 Å². The van der Waals surface area contributed by atoms with E-state index >= 15 is 0 Å². The Morgan fingerprint density at radius 3 is 2.37 bits per heavy atom. The van der Waals surface area contributed by atoms with Gasteiger partial charge < -0.3 is 19.6 Å². The number of likely N-dealkylation sites (N-methyl/N-ethyl adjacent to an activating group) is 1. The molecule has 1 atom stereocenters. The third-order valence-corrected chi connectivity index (χ3v) is 7.11. The van der Waals surface area contributed by atoms with E-state index in [1.54, 1.807) is 42.5 Å². The second-order valence-corrected chi connectivity index (χ2v) is 9.81. The number of carbonyl (C=O) groups excluding carboxylic acids is 2. The molecule has 3 aromatic rings. The van der Waals surface area contributed by atoms with Gasteiger partial charge in [-0.1, -0.05) is 67.4 Å². The number of amides is 1. The number of carbonyl (C=O) groups is 2. The van der Waals surface area contributed by atoms with Gasteiger partial charge in [0.2, 0.25) is 0 Å². The number of rotatable bonds is 10. The number of halogens is 1. The lowest BCUT2D eigenvalue weighted by Gasteiger charge is -2.28. The van der Waals surface area contributed by atoms with Crippen LogP contribution in [0, 0.1) is 6.92 Å². The van der Waals surface area contributed by atoms with Crippen LogP contribution in [-0.2, 0) is 16.2 Å². The van der Waals surface area contributed by atoms with Crippen molar-refractivity contribution in [3.63, 3.8) is 0 Å². The molecule has 1 aliphatic rings. The lowest BCUT2D eigenvalue weighted by Crippen LogP contribution is -2.38. The predicted molar refractivity (Wildman–Crippen MR) is 150 cm³/mol. The van der Waals surface area contributed by atoms with Crippen LogP contribution in [0.25, 0.3) is 5.76 Å². The number of likely N-dealkylation sites (tertiary alicyclic amines) is 1. The highest BCUT2D eigenvalue weighted by atomic mass is 35.5. The summed E-state index contributed by atoms with van der Waals surface area (Å²) in [5.74, 6) is -0.911. The first-order chi connectivity index (χ1) is 18.3. The molecule has 6 nitrogen and oxygen atoms in total. The summed E-state index contributed by atoms with van der Waals surface area (Å²) in [6, 6.07) is 21.3. The molecule has 1 amide bonds. The summed E-state index contributed by atoms with van der Waals surface area (Å²) in [7, 11) is 0. The van der Waals surface area contributed by atoms with Gasteiger partial charge >= 0.3 is 0 Å². The maximum atomic E-state index is 13.3. The van der Waals surface area contributed by atoms with E-state index < -0.39 is 17.7 Å². The molecule has 38 heavy (non-hydrogen) atoms. The Bertz CT molecular complexity index is 1330.